The van der Waals surface area contributed by atoms with Gasteiger partial charge in [0, 0.05) is 21.9 Å². The molecule has 2 aromatic carbocycles. The highest BCUT2D eigenvalue weighted by atomic mass is 79.9. The number of hydrogen-bond acceptors (Lipinski definition) is 4. The zero-order valence-electron chi connectivity index (χ0n) is 18.4. The summed E-state index contributed by atoms with van der Waals surface area (Å²) in [4.78, 5) is 16.5. The van der Waals surface area contributed by atoms with Crippen LogP contribution < -0.4 is 0 Å². The van der Waals surface area contributed by atoms with Crippen LogP contribution in [-0.4, -0.2) is 36.1 Å². The molecule has 0 atom stereocenters. The van der Waals surface area contributed by atoms with Crippen LogP contribution in [0, 0.1) is 6.92 Å². The molecule has 3 aromatic rings. The summed E-state index contributed by atoms with van der Waals surface area (Å²) < 4.78 is 28.7. The lowest BCUT2D eigenvalue weighted by molar-refractivity contribution is -0.132. The van der Waals surface area contributed by atoms with Crippen LogP contribution in [0.5, 0.6) is 0 Å². The maximum absolute atomic E-state index is 13.4. The average molecular weight is 536 g/mol. The Labute approximate surface area is 202 Å². The van der Waals surface area contributed by atoms with E-state index in [1.54, 1.807) is 54.3 Å². The topological polar surface area (TPSA) is 57.7 Å². The van der Waals surface area contributed by atoms with Crippen molar-refractivity contribution in [3.63, 3.8) is 0 Å². The summed E-state index contributed by atoms with van der Waals surface area (Å²) >= 11 is 4.94. The van der Waals surface area contributed by atoms with Crippen LogP contribution >= 0.6 is 27.3 Å². The molecule has 3 rings (SSSR count). The maximum atomic E-state index is 13.4. The van der Waals surface area contributed by atoms with Gasteiger partial charge in [-0.05, 0) is 67.6 Å². The van der Waals surface area contributed by atoms with Crippen molar-refractivity contribution >= 4 is 43.2 Å². The van der Waals surface area contributed by atoms with Gasteiger partial charge in [0.05, 0.1) is 18.0 Å². The van der Waals surface area contributed by atoms with E-state index in [9.17, 15) is 13.2 Å². The molecule has 0 saturated carbocycles. The summed E-state index contributed by atoms with van der Waals surface area (Å²) in [6.07, 6.45) is 0. The van der Waals surface area contributed by atoms with E-state index in [-0.39, 0.29) is 23.4 Å². The van der Waals surface area contributed by atoms with E-state index in [4.69, 9.17) is 0 Å². The molecule has 0 aliphatic heterocycles. The predicted molar refractivity (Wildman–Crippen MR) is 133 cm³/mol. The molecule has 0 saturated heterocycles. The van der Waals surface area contributed by atoms with Crippen LogP contribution in [0.3, 0.4) is 0 Å². The van der Waals surface area contributed by atoms with Gasteiger partial charge in [-0.25, -0.2) is 8.42 Å². The van der Waals surface area contributed by atoms with Crippen LogP contribution in [0.2, 0.25) is 0 Å². The quantitative estimate of drug-likeness (QED) is 0.366. The summed E-state index contributed by atoms with van der Waals surface area (Å²) in [5.41, 5.74) is 2.13. The Hall–Kier alpha value is -2.00. The summed E-state index contributed by atoms with van der Waals surface area (Å²) in [7, 11) is -3.82. The summed E-state index contributed by atoms with van der Waals surface area (Å²) in [5, 5.41) is 2.01. The molecule has 8 heteroatoms. The molecular formula is C24H27BrN2O3S2. The molecule has 0 unspecified atom stereocenters. The van der Waals surface area contributed by atoms with E-state index in [1.807, 2.05) is 48.7 Å². The first-order valence-electron chi connectivity index (χ1n) is 10.3. The normalized spacial score (nSPS) is 11.8. The van der Waals surface area contributed by atoms with Gasteiger partial charge < -0.3 is 4.90 Å². The summed E-state index contributed by atoms with van der Waals surface area (Å²) in [6.45, 7) is 6.24. The van der Waals surface area contributed by atoms with Crippen LogP contribution in [0.15, 0.2) is 75.4 Å². The Bertz CT molecular complexity index is 1140. The smallest absolute Gasteiger partial charge is 0.243 e. The van der Waals surface area contributed by atoms with Crippen molar-refractivity contribution in [2.45, 2.75) is 44.8 Å². The van der Waals surface area contributed by atoms with E-state index in [0.29, 0.717) is 13.1 Å². The molecule has 1 amide bonds. The molecule has 5 nitrogen and oxygen atoms in total. The number of carbonyl (C=O) groups is 1. The monoisotopic (exact) mass is 534 g/mol. The lowest BCUT2D eigenvalue weighted by Crippen LogP contribution is -2.45. The lowest BCUT2D eigenvalue weighted by atomic mass is 10.2. The van der Waals surface area contributed by atoms with Crippen LogP contribution in [0.4, 0.5) is 0 Å². The highest BCUT2D eigenvalue weighted by molar-refractivity contribution is 9.10. The van der Waals surface area contributed by atoms with Gasteiger partial charge in [-0.1, -0.05) is 46.3 Å². The molecule has 32 heavy (non-hydrogen) atoms. The van der Waals surface area contributed by atoms with E-state index in [1.165, 1.54) is 4.31 Å². The fourth-order valence-electron chi connectivity index (χ4n) is 3.30. The number of sulfonamides is 1. The molecule has 0 aliphatic rings. The van der Waals surface area contributed by atoms with Crippen molar-refractivity contribution in [1.29, 1.82) is 0 Å². The van der Waals surface area contributed by atoms with E-state index in [0.717, 1.165) is 20.5 Å². The second-order valence-electron chi connectivity index (χ2n) is 7.86. The summed E-state index contributed by atoms with van der Waals surface area (Å²) in [6, 6.07) is 17.9. The second kappa shape index (κ2) is 10.7. The number of aryl methyl sites for hydroxylation is 1. The third-order valence-electron chi connectivity index (χ3n) is 5.16. The van der Waals surface area contributed by atoms with Crippen molar-refractivity contribution in [2.75, 3.05) is 6.54 Å². The number of halogens is 1. The number of carbonyl (C=O) groups excluding carboxylic acids is 1. The highest BCUT2D eigenvalue weighted by Crippen LogP contribution is 2.23. The number of thiophene rings is 1. The van der Waals surface area contributed by atoms with Gasteiger partial charge in [0.2, 0.25) is 15.9 Å². The Balaban J connectivity index is 1.87. The number of amides is 1. The van der Waals surface area contributed by atoms with Crippen LogP contribution in [-0.2, 0) is 27.9 Å². The first-order valence-corrected chi connectivity index (χ1v) is 13.4. The molecule has 170 valence electrons. The molecule has 0 radical (unpaired) electrons. The van der Waals surface area contributed by atoms with Gasteiger partial charge in [-0.3, -0.25) is 4.79 Å². The van der Waals surface area contributed by atoms with Gasteiger partial charge in [0.1, 0.15) is 0 Å². The van der Waals surface area contributed by atoms with Crippen LogP contribution in [0.1, 0.15) is 29.9 Å². The molecule has 0 N–H and O–H groups in total. The first kappa shape index (κ1) is 24.6. The minimum absolute atomic E-state index is 0.172. The Morgan fingerprint density at radius 2 is 1.66 bits per heavy atom. The van der Waals surface area contributed by atoms with Crippen LogP contribution in [0.25, 0.3) is 0 Å². The molecular weight excluding hydrogens is 508 g/mol. The van der Waals surface area contributed by atoms with Crippen molar-refractivity contribution in [3.05, 3.63) is 86.5 Å². The molecule has 0 aliphatic carbocycles. The molecule has 1 aromatic heterocycles. The Kier molecular flexibility index (Phi) is 8.27. The van der Waals surface area contributed by atoms with Gasteiger partial charge >= 0.3 is 0 Å². The zero-order valence-corrected chi connectivity index (χ0v) is 21.6. The van der Waals surface area contributed by atoms with Gasteiger partial charge in [0.15, 0.2) is 0 Å². The van der Waals surface area contributed by atoms with Gasteiger partial charge in [0.25, 0.3) is 0 Å². The van der Waals surface area contributed by atoms with E-state index < -0.39 is 10.0 Å². The molecule has 0 bridgehead atoms. The number of nitrogens with zero attached hydrogens (tertiary/aromatic N) is 2. The van der Waals surface area contributed by atoms with Gasteiger partial charge in [-0.2, -0.15) is 4.31 Å². The Morgan fingerprint density at radius 3 is 2.22 bits per heavy atom. The highest BCUT2D eigenvalue weighted by Gasteiger charge is 2.31. The van der Waals surface area contributed by atoms with E-state index >= 15 is 0 Å². The fraction of sp³-hybridized carbons (Fsp3) is 0.292. The standard InChI is InChI=1S/C24H27BrN2O3S2/c1-18(2)27(32(29,30)22-11-9-21(25)10-12-22)17-24(28)26(15-20-7-5-4-6-8-20)16-23-19(3)13-14-31-23/h4-14,18H,15-17H2,1-3H3. The SMILES string of the molecule is Cc1ccsc1CN(Cc1ccccc1)C(=O)CN(C(C)C)S(=O)(=O)c1ccc(Br)cc1. The minimum atomic E-state index is -3.82. The average Bonchev–Trinajstić information content (AvgIpc) is 3.16. The molecule has 0 spiro atoms. The maximum Gasteiger partial charge on any atom is 0.243 e. The van der Waals surface area contributed by atoms with Crippen molar-refractivity contribution in [3.8, 4) is 0 Å². The van der Waals surface area contributed by atoms with Crippen molar-refractivity contribution < 1.29 is 13.2 Å². The van der Waals surface area contributed by atoms with Gasteiger partial charge in [-0.15, -0.1) is 11.3 Å². The molecule has 1 heterocycles. The predicted octanol–water partition coefficient (Wildman–Crippen LogP) is 5.45. The number of benzene rings is 2. The zero-order chi connectivity index (χ0) is 23.3. The third-order valence-corrected chi connectivity index (χ3v) is 8.73. The van der Waals surface area contributed by atoms with E-state index in [2.05, 4.69) is 15.9 Å². The third kappa shape index (κ3) is 6.07. The number of hydrogen-bond donors (Lipinski definition) is 0. The van der Waals surface area contributed by atoms with Crippen molar-refractivity contribution in [1.82, 2.24) is 9.21 Å². The Morgan fingerprint density at radius 1 is 1.00 bits per heavy atom. The summed E-state index contributed by atoms with van der Waals surface area (Å²) in [5.74, 6) is -0.226. The van der Waals surface area contributed by atoms with Crippen molar-refractivity contribution in [2.24, 2.45) is 0 Å². The first-order chi connectivity index (χ1) is 15.2. The fourth-order valence-corrected chi connectivity index (χ4v) is 6.07. The minimum Gasteiger partial charge on any atom is -0.332 e. The second-order valence-corrected chi connectivity index (χ2v) is 11.7. The number of rotatable bonds is 9. The largest absolute Gasteiger partial charge is 0.332 e. The lowest BCUT2D eigenvalue weighted by Gasteiger charge is -2.29. The molecule has 0 fully saturated rings.